The summed E-state index contributed by atoms with van der Waals surface area (Å²) in [6, 6.07) is 5.30. The van der Waals surface area contributed by atoms with Crippen LogP contribution in [0.1, 0.15) is 19.4 Å². The van der Waals surface area contributed by atoms with E-state index in [1.54, 1.807) is 18.2 Å². The first kappa shape index (κ1) is 15.2. The summed E-state index contributed by atoms with van der Waals surface area (Å²) in [5, 5.41) is 4.52. The summed E-state index contributed by atoms with van der Waals surface area (Å²) >= 11 is 12.0. The highest BCUT2D eigenvalue weighted by Gasteiger charge is 2.04. The monoisotopic (exact) mass is 309 g/mol. The number of nitrogens with one attached hydrogen (secondary N) is 1. The van der Waals surface area contributed by atoms with Crippen molar-refractivity contribution in [2.75, 3.05) is 6.54 Å². The predicted octanol–water partition coefficient (Wildman–Crippen LogP) is 4.20. The van der Waals surface area contributed by atoms with Crippen LogP contribution >= 0.6 is 23.2 Å². The second-order valence-corrected chi connectivity index (χ2v) is 5.97. The van der Waals surface area contributed by atoms with E-state index < -0.39 is 0 Å². The van der Waals surface area contributed by atoms with E-state index >= 15 is 0 Å². The molecular formula is C15H17Cl2N3. The van der Waals surface area contributed by atoms with Crippen LogP contribution < -0.4 is 5.32 Å². The molecular weight excluding hydrogens is 293 g/mol. The molecule has 0 fully saturated rings. The zero-order valence-electron chi connectivity index (χ0n) is 11.5. The first-order chi connectivity index (χ1) is 9.54. The lowest BCUT2D eigenvalue weighted by molar-refractivity contribution is 0.551. The molecule has 1 aromatic carbocycles. The number of halogens is 2. The minimum Gasteiger partial charge on any atom is -0.312 e. The molecule has 1 N–H and O–H groups in total. The van der Waals surface area contributed by atoms with Gasteiger partial charge in [-0.1, -0.05) is 37.0 Å². The van der Waals surface area contributed by atoms with E-state index in [0.717, 1.165) is 24.2 Å². The van der Waals surface area contributed by atoms with Crippen LogP contribution in [-0.2, 0) is 6.54 Å². The maximum atomic E-state index is 5.98. The Bertz CT molecular complexity index is 548. The van der Waals surface area contributed by atoms with Gasteiger partial charge in [0, 0.05) is 40.1 Å². The van der Waals surface area contributed by atoms with Crippen molar-refractivity contribution in [1.82, 2.24) is 15.3 Å². The first-order valence-corrected chi connectivity index (χ1v) is 7.28. The Labute approximate surface area is 129 Å². The van der Waals surface area contributed by atoms with Crippen molar-refractivity contribution in [3.63, 3.8) is 0 Å². The van der Waals surface area contributed by atoms with Gasteiger partial charge in [-0.05, 0) is 30.7 Å². The highest BCUT2D eigenvalue weighted by Crippen LogP contribution is 2.24. The molecule has 0 radical (unpaired) electrons. The zero-order valence-corrected chi connectivity index (χ0v) is 13.0. The average Bonchev–Trinajstić information content (AvgIpc) is 2.38. The summed E-state index contributed by atoms with van der Waals surface area (Å²) in [5.41, 5.74) is 1.88. The predicted molar refractivity (Wildman–Crippen MR) is 84.0 cm³/mol. The summed E-state index contributed by atoms with van der Waals surface area (Å²) in [6.07, 6.45) is 3.65. The third kappa shape index (κ3) is 4.44. The van der Waals surface area contributed by atoms with Gasteiger partial charge in [0.15, 0.2) is 5.82 Å². The fourth-order valence-corrected chi connectivity index (χ4v) is 2.31. The average molecular weight is 310 g/mol. The molecule has 0 aliphatic rings. The van der Waals surface area contributed by atoms with E-state index in [2.05, 4.69) is 29.1 Å². The summed E-state index contributed by atoms with van der Waals surface area (Å²) < 4.78 is 0. The number of nitrogens with zero attached hydrogens (tertiary/aromatic N) is 2. The first-order valence-electron chi connectivity index (χ1n) is 6.52. The molecule has 0 amide bonds. The van der Waals surface area contributed by atoms with Gasteiger partial charge in [0.1, 0.15) is 0 Å². The second-order valence-electron chi connectivity index (χ2n) is 5.10. The quantitative estimate of drug-likeness (QED) is 0.899. The van der Waals surface area contributed by atoms with E-state index in [4.69, 9.17) is 23.2 Å². The van der Waals surface area contributed by atoms with Crippen molar-refractivity contribution in [2.45, 2.75) is 20.4 Å². The molecule has 2 aromatic rings. The number of benzene rings is 1. The van der Waals surface area contributed by atoms with Crippen LogP contribution in [0.15, 0.2) is 30.6 Å². The maximum absolute atomic E-state index is 5.98. The minimum atomic E-state index is 0.582. The molecule has 0 aliphatic heterocycles. The van der Waals surface area contributed by atoms with Crippen LogP contribution in [0.25, 0.3) is 11.4 Å². The summed E-state index contributed by atoms with van der Waals surface area (Å²) in [4.78, 5) is 8.72. The Morgan fingerprint density at radius 1 is 1.05 bits per heavy atom. The van der Waals surface area contributed by atoms with Crippen LogP contribution in [-0.4, -0.2) is 16.5 Å². The number of rotatable bonds is 5. The molecule has 106 valence electrons. The third-order valence-corrected chi connectivity index (χ3v) is 3.14. The molecule has 1 heterocycles. The van der Waals surface area contributed by atoms with Crippen LogP contribution in [0.5, 0.6) is 0 Å². The molecule has 0 bridgehead atoms. The fraction of sp³-hybridized carbons (Fsp3) is 0.333. The van der Waals surface area contributed by atoms with Crippen molar-refractivity contribution in [1.29, 1.82) is 0 Å². The minimum absolute atomic E-state index is 0.582. The normalized spacial score (nSPS) is 11.1. The Morgan fingerprint density at radius 2 is 1.65 bits per heavy atom. The lowest BCUT2D eigenvalue weighted by atomic mass is 10.2. The van der Waals surface area contributed by atoms with Gasteiger partial charge in [-0.25, -0.2) is 9.97 Å². The van der Waals surface area contributed by atoms with E-state index in [-0.39, 0.29) is 0 Å². The lowest BCUT2D eigenvalue weighted by Gasteiger charge is -2.07. The molecule has 0 saturated carbocycles. The van der Waals surface area contributed by atoms with Gasteiger partial charge in [0.2, 0.25) is 0 Å². The Kier molecular flexibility index (Phi) is 5.35. The molecule has 0 atom stereocenters. The molecule has 0 saturated heterocycles. The highest BCUT2D eigenvalue weighted by molar-refractivity contribution is 6.35. The molecule has 5 heteroatoms. The van der Waals surface area contributed by atoms with Gasteiger partial charge < -0.3 is 5.32 Å². The van der Waals surface area contributed by atoms with Crippen LogP contribution in [0.4, 0.5) is 0 Å². The van der Waals surface area contributed by atoms with Crippen LogP contribution in [0.3, 0.4) is 0 Å². The van der Waals surface area contributed by atoms with Crippen molar-refractivity contribution in [3.8, 4) is 11.4 Å². The lowest BCUT2D eigenvalue weighted by Crippen LogP contribution is -2.19. The summed E-state index contributed by atoms with van der Waals surface area (Å²) in [5.74, 6) is 1.26. The fourth-order valence-electron chi connectivity index (χ4n) is 1.78. The van der Waals surface area contributed by atoms with Crippen molar-refractivity contribution >= 4 is 23.2 Å². The van der Waals surface area contributed by atoms with Crippen LogP contribution in [0, 0.1) is 5.92 Å². The topological polar surface area (TPSA) is 37.8 Å². The summed E-state index contributed by atoms with van der Waals surface area (Å²) in [6.45, 7) is 6.10. The van der Waals surface area contributed by atoms with Crippen molar-refractivity contribution in [2.24, 2.45) is 5.92 Å². The molecule has 3 nitrogen and oxygen atoms in total. The largest absolute Gasteiger partial charge is 0.312 e. The molecule has 0 unspecified atom stereocenters. The smallest absolute Gasteiger partial charge is 0.159 e. The van der Waals surface area contributed by atoms with Crippen LogP contribution in [0.2, 0.25) is 10.0 Å². The van der Waals surface area contributed by atoms with Gasteiger partial charge >= 0.3 is 0 Å². The number of aromatic nitrogens is 2. The van der Waals surface area contributed by atoms with Gasteiger partial charge in [0.05, 0.1) is 0 Å². The molecule has 1 aromatic heterocycles. The van der Waals surface area contributed by atoms with Gasteiger partial charge in [-0.3, -0.25) is 0 Å². The molecule has 20 heavy (non-hydrogen) atoms. The van der Waals surface area contributed by atoms with E-state index in [9.17, 15) is 0 Å². The van der Waals surface area contributed by atoms with Crippen molar-refractivity contribution < 1.29 is 0 Å². The zero-order chi connectivity index (χ0) is 14.5. The van der Waals surface area contributed by atoms with E-state index in [1.165, 1.54) is 0 Å². The van der Waals surface area contributed by atoms with Gasteiger partial charge in [0.25, 0.3) is 0 Å². The SMILES string of the molecule is CC(C)CNCc1cnc(-c2cc(Cl)cc(Cl)c2)nc1. The summed E-state index contributed by atoms with van der Waals surface area (Å²) in [7, 11) is 0. The standard InChI is InChI=1S/C15H17Cl2N3/c1-10(2)6-18-7-11-8-19-15(20-9-11)12-3-13(16)5-14(17)4-12/h3-5,8-10,18H,6-7H2,1-2H3. The second kappa shape index (κ2) is 7.02. The Balaban J connectivity index is 2.07. The van der Waals surface area contributed by atoms with E-state index in [0.29, 0.717) is 21.8 Å². The van der Waals surface area contributed by atoms with E-state index in [1.807, 2.05) is 12.4 Å². The highest BCUT2D eigenvalue weighted by atomic mass is 35.5. The molecule has 2 rings (SSSR count). The van der Waals surface area contributed by atoms with Crippen molar-refractivity contribution in [3.05, 3.63) is 46.2 Å². The van der Waals surface area contributed by atoms with Gasteiger partial charge in [-0.2, -0.15) is 0 Å². The number of hydrogen-bond donors (Lipinski definition) is 1. The number of hydrogen-bond acceptors (Lipinski definition) is 3. The third-order valence-electron chi connectivity index (χ3n) is 2.71. The maximum Gasteiger partial charge on any atom is 0.159 e. The Hall–Kier alpha value is -1.16. The van der Waals surface area contributed by atoms with Gasteiger partial charge in [-0.15, -0.1) is 0 Å². The molecule has 0 spiro atoms. The molecule has 0 aliphatic carbocycles. The Morgan fingerprint density at radius 3 is 2.20 bits per heavy atom.